The van der Waals surface area contributed by atoms with Crippen molar-refractivity contribution in [2.45, 2.75) is 70.7 Å². The van der Waals surface area contributed by atoms with Crippen LogP contribution in [0.4, 0.5) is 9.59 Å². The van der Waals surface area contributed by atoms with E-state index in [0.717, 1.165) is 44.3 Å². The van der Waals surface area contributed by atoms with E-state index >= 15 is 0 Å². The van der Waals surface area contributed by atoms with Gasteiger partial charge in [0, 0.05) is 38.3 Å². The first-order chi connectivity index (χ1) is 14.3. The average Bonchev–Trinajstić information content (AvgIpc) is 2.72. The molecule has 0 unspecified atom stereocenters. The first-order valence-electron chi connectivity index (χ1n) is 11.0. The van der Waals surface area contributed by atoms with Gasteiger partial charge in [0.1, 0.15) is 12.2 Å². The van der Waals surface area contributed by atoms with Crippen LogP contribution in [0.1, 0.15) is 52.0 Å². The quantitative estimate of drug-likeness (QED) is 0.807. The number of piperazine rings is 1. The molecule has 1 heterocycles. The molecule has 1 N–H and O–H groups in total. The van der Waals surface area contributed by atoms with E-state index in [2.05, 4.69) is 10.2 Å². The Kier molecular flexibility index (Phi) is 7.58. The van der Waals surface area contributed by atoms with Gasteiger partial charge in [-0.3, -0.25) is 4.90 Å². The van der Waals surface area contributed by atoms with Gasteiger partial charge < -0.3 is 19.7 Å². The number of hydrogen-bond donors (Lipinski definition) is 1. The van der Waals surface area contributed by atoms with Gasteiger partial charge in [-0.25, -0.2) is 9.59 Å². The standard InChI is InChI=1S/C23H35N3O4/c1-23(2,3)30-21(27)24-19-9-11-20(12-10-19)25-13-15-26(16-14-25)22(28)29-17-18-7-5-4-6-8-18/h4-8,19-20H,9-17H2,1-3H3,(H,24,27). The molecule has 0 aromatic heterocycles. The van der Waals surface area contributed by atoms with Crippen molar-refractivity contribution < 1.29 is 19.1 Å². The lowest BCUT2D eigenvalue weighted by Crippen LogP contribution is -2.53. The van der Waals surface area contributed by atoms with Crippen molar-refractivity contribution in [1.82, 2.24) is 15.1 Å². The van der Waals surface area contributed by atoms with Gasteiger partial charge in [-0.05, 0) is 52.0 Å². The number of rotatable bonds is 4. The van der Waals surface area contributed by atoms with Crippen LogP contribution in [0.15, 0.2) is 30.3 Å². The Labute approximate surface area is 179 Å². The molecule has 1 aliphatic carbocycles. The van der Waals surface area contributed by atoms with Gasteiger partial charge in [-0.1, -0.05) is 30.3 Å². The van der Waals surface area contributed by atoms with Crippen molar-refractivity contribution in [2.75, 3.05) is 26.2 Å². The number of benzene rings is 1. The van der Waals surface area contributed by atoms with E-state index in [1.54, 1.807) is 4.90 Å². The SMILES string of the molecule is CC(C)(C)OC(=O)NC1CCC(N2CCN(C(=O)OCc3ccccc3)CC2)CC1. The van der Waals surface area contributed by atoms with E-state index in [1.165, 1.54) is 0 Å². The highest BCUT2D eigenvalue weighted by Crippen LogP contribution is 2.24. The Morgan fingerprint density at radius 3 is 2.23 bits per heavy atom. The number of hydrogen-bond acceptors (Lipinski definition) is 5. The van der Waals surface area contributed by atoms with Crippen molar-refractivity contribution >= 4 is 12.2 Å². The van der Waals surface area contributed by atoms with Crippen LogP contribution >= 0.6 is 0 Å². The zero-order valence-electron chi connectivity index (χ0n) is 18.4. The third kappa shape index (κ3) is 6.90. The maximum absolute atomic E-state index is 12.3. The molecule has 0 atom stereocenters. The lowest BCUT2D eigenvalue weighted by Gasteiger charge is -2.41. The zero-order valence-corrected chi connectivity index (χ0v) is 18.4. The van der Waals surface area contributed by atoms with Crippen LogP contribution in [-0.2, 0) is 16.1 Å². The predicted octanol–water partition coefficient (Wildman–Crippen LogP) is 3.78. The number of amides is 2. The number of carbonyl (C=O) groups is 2. The average molecular weight is 418 g/mol. The number of nitrogens with zero attached hydrogens (tertiary/aromatic N) is 2. The van der Waals surface area contributed by atoms with Crippen molar-refractivity contribution in [1.29, 1.82) is 0 Å². The number of carbonyl (C=O) groups excluding carboxylic acids is 2. The minimum absolute atomic E-state index is 0.186. The number of nitrogens with one attached hydrogen (secondary N) is 1. The lowest BCUT2D eigenvalue weighted by atomic mass is 9.90. The molecule has 7 heteroatoms. The minimum Gasteiger partial charge on any atom is -0.445 e. The monoisotopic (exact) mass is 417 g/mol. The van der Waals surface area contributed by atoms with Crippen molar-refractivity contribution in [2.24, 2.45) is 0 Å². The summed E-state index contributed by atoms with van der Waals surface area (Å²) in [7, 11) is 0. The smallest absolute Gasteiger partial charge is 0.410 e. The molecule has 0 spiro atoms. The molecule has 2 amide bonds. The summed E-state index contributed by atoms with van der Waals surface area (Å²) in [6.45, 7) is 9.08. The lowest BCUT2D eigenvalue weighted by molar-refractivity contribution is 0.0423. The van der Waals surface area contributed by atoms with E-state index in [4.69, 9.17) is 9.47 Å². The largest absolute Gasteiger partial charge is 0.445 e. The van der Waals surface area contributed by atoms with Crippen molar-refractivity contribution in [3.8, 4) is 0 Å². The molecule has 3 rings (SSSR count). The molecule has 0 bridgehead atoms. The molecular formula is C23H35N3O4. The summed E-state index contributed by atoms with van der Waals surface area (Å²) in [4.78, 5) is 28.6. The maximum atomic E-state index is 12.3. The molecule has 30 heavy (non-hydrogen) atoms. The zero-order chi connectivity index (χ0) is 21.6. The van der Waals surface area contributed by atoms with Crippen LogP contribution in [0.3, 0.4) is 0 Å². The molecule has 1 aromatic carbocycles. The van der Waals surface area contributed by atoms with Gasteiger partial charge >= 0.3 is 12.2 Å². The molecule has 1 aromatic rings. The summed E-state index contributed by atoms with van der Waals surface area (Å²) in [6.07, 6.45) is 3.47. The normalized spacial score (nSPS) is 23.0. The molecule has 1 aliphatic heterocycles. The topological polar surface area (TPSA) is 71.1 Å². The van der Waals surface area contributed by atoms with E-state index in [1.807, 2.05) is 51.1 Å². The fourth-order valence-electron chi connectivity index (χ4n) is 4.14. The summed E-state index contributed by atoms with van der Waals surface area (Å²) >= 11 is 0. The van der Waals surface area contributed by atoms with Crippen LogP contribution in [0.2, 0.25) is 0 Å². The summed E-state index contributed by atoms with van der Waals surface area (Å²) in [5.74, 6) is 0. The van der Waals surface area contributed by atoms with Gasteiger partial charge in [0.15, 0.2) is 0 Å². The number of ether oxygens (including phenoxy) is 2. The van der Waals surface area contributed by atoms with Crippen LogP contribution in [0, 0.1) is 0 Å². The highest BCUT2D eigenvalue weighted by molar-refractivity contribution is 5.68. The summed E-state index contributed by atoms with van der Waals surface area (Å²) in [5.41, 5.74) is 0.532. The Morgan fingerprint density at radius 2 is 1.63 bits per heavy atom. The third-order valence-corrected chi connectivity index (χ3v) is 5.71. The van der Waals surface area contributed by atoms with Crippen molar-refractivity contribution in [3.63, 3.8) is 0 Å². The van der Waals surface area contributed by atoms with Gasteiger partial charge in [-0.15, -0.1) is 0 Å². The van der Waals surface area contributed by atoms with Crippen LogP contribution < -0.4 is 5.32 Å². The second-order valence-electron chi connectivity index (χ2n) is 9.21. The predicted molar refractivity (Wildman–Crippen MR) is 115 cm³/mol. The first-order valence-corrected chi connectivity index (χ1v) is 11.0. The van der Waals surface area contributed by atoms with Gasteiger partial charge in [0.2, 0.25) is 0 Å². The van der Waals surface area contributed by atoms with E-state index < -0.39 is 5.60 Å². The molecular weight excluding hydrogens is 382 g/mol. The van der Waals surface area contributed by atoms with E-state index in [0.29, 0.717) is 25.7 Å². The molecule has 1 saturated carbocycles. The van der Waals surface area contributed by atoms with Gasteiger partial charge in [0.25, 0.3) is 0 Å². The Balaban J connectivity index is 1.35. The first kappa shape index (κ1) is 22.4. The Morgan fingerprint density at radius 1 is 1.00 bits per heavy atom. The van der Waals surface area contributed by atoms with Crippen LogP contribution in [0.5, 0.6) is 0 Å². The number of alkyl carbamates (subject to hydrolysis) is 1. The molecule has 2 fully saturated rings. The fourth-order valence-corrected chi connectivity index (χ4v) is 4.14. The summed E-state index contributed by atoms with van der Waals surface area (Å²) in [6, 6.07) is 10.5. The second-order valence-corrected chi connectivity index (χ2v) is 9.21. The van der Waals surface area contributed by atoms with E-state index in [-0.39, 0.29) is 18.2 Å². The van der Waals surface area contributed by atoms with Gasteiger partial charge in [0.05, 0.1) is 0 Å². The third-order valence-electron chi connectivity index (χ3n) is 5.71. The van der Waals surface area contributed by atoms with Crippen LogP contribution in [-0.4, -0.2) is 65.9 Å². The molecule has 1 saturated heterocycles. The van der Waals surface area contributed by atoms with Crippen LogP contribution in [0.25, 0.3) is 0 Å². The Bertz CT molecular complexity index is 688. The Hall–Kier alpha value is -2.28. The van der Waals surface area contributed by atoms with Gasteiger partial charge in [-0.2, -0.15) is 0 Å². The van der Waals surface area contributed by atoms with Crippen molar-refractivity contribution in [3.05, 3.63) is 35.9 Å². The highest BCUT2D eigenvalue weighted by Gasteiger charge is 2.31. The van der Waals surface area contributed by atoms with E-state index in [9.17, 15) is 9.59 Å². The minimum atomic E-state index is -0.469. The fraction of sp³-hybridized carbons (Fsp3) is 0.652. The second kappa shape index (κ2) is 10.2. The molecule has 7 nitrogen and oxygen atoms in total. The summed E-state index contributed by atoms with van der Waals surface area (Å²) in [5, 5.41) is 3.00. The molecule has 2 aliphatic rings. The summed E-state index contributed by atoms with van der Waals surface area (Å²) < 4.78 is 10.8. The molecule has 166 valence electrons. The highest BCUT2D eigenvalue weighted by atomic mass is 16.6. The molecule has 0 radical (unpaired) electrons. The maximum Gasteiger partial charge on any atom is 0.410 e.